The highest BCUT2D eigenvalue weighted by atomic mass is 16.5. The SMILES string of the molecule is C[C@H](N)Cc1ccon1. The van der Waals surface area contributed by atoms with Gasteiger partial charge < -0.3 is 10.3 Å². The average molecular weight is 126 g/mol. The summed E-state index contributed by atoms with van der Waals surface area (Å²) in [6.45, 7) is 1.94. The first-order valence-electron chi connectivity index (χ1n) is 2.94. The Hall–Kier alpha value is -0.830. The van der Waals surface area contributed by atoms with Crippen LogP contribution in [-0.4, -0.2) is 11.2 Å². The van der Waals surface area contributed by atoms with Gasteiger partial charge in [-0.3, -0.25) is 0 Å². The molecule has 0 radical (unpaired) electrons. The molecular formula is C6H10N2O. The van der Waals surface area contributed by atoms with Gasteiger partial charge in [-0.05, 0) is 6.92 Å². The second kappa shape index (κ2) is 2.64. The monoisotopic (exact) mass is 126 g/mol. The van der Waals surface area contributed by atoms with Gasteiger partial charge in [0.2, 0.25) is 0 Å². The van der Waals surface area contributed by atoms with Crippen LogP contribution in [0.2, 0.25) is 0 Å². The molecule has 1 atom stereocenters. The largest absolute Gasteiger partial charge is 0.365 e. The predicted molar refractivity (Wildman–Crippen MR) is 33.9 cm³/mol. The maximum atomic E-state index is 5.50. The molecule has 0 aliphatic heterocycles. The van der Waals surface area contributed by atoms with Crippen molar-refractivity contribution in [1.82, 2.24) is 5.16 Å². The summed E-state index contributed by atoms with van der Waals surface area (Å²) in [5, 5.41) is 3.70. The molecule has 0 aromatic carbocycles. The zero-order chi connectivity index (χ0) is 6.69. The lowest BCUT2D eigenvalue weighted by molar-refractivity contribution is 0.409. The summed E-state index contributed by atoms with van der Waals surface area (Å²) >= 11 is 0. The van der Waals surface area contributed by atoms with Crippen molar-refractivity contribution in [2.24, 2.45) is 5.73 Å². The van der Waals surface area contributed by atoms with Crippen molar-refractivity contribution in [3.8, 4) is 0 Å². The molecule has 0 unspecified atom stereocenters. The van der Waals surface area contributed by atoms with Crippen molar-refractivity contribution in [3.05, 3.63) is 18.0 Å². The van der Waals surface area contributed by atoms with E-state index in [1.165, 1.54) is 0 Å². The molecule has 1 aromatic heterocycles. The summed E-state index contributed by atoms with van der Waals surface area (Å²) in [6.07, 6.45) is 2.34. The van der Waals surface area contributed by atoms with Crippen molar-refractivity contribution in [1.29, 1.82) is 0 Å². The molecule has 1 rings (SSSR count). The molecular weight excluding hydrogens is 116 g/mol. The van der Waals surface area contributed by atoms with E-state index < -0.39 is 0 Å². The van der Waals surface area contributed by atoms with Crippen LogP contribution in [0.4, 0.5) is 0 Å². The van der Waals surface area contributed by atoms with E-state index in [1.54, 1.807) is 6.26 Å². The third kappa shape index (κ3) is 1.85. The number of rotatable bonds is 2. The van der Waals surface area contributed by atoms with Crippen molar-refractivity contribution >= 4 is 0 Å². The highest BCUT2D eigenvalue weighted by Gasteiger charge is 1.98. The summed E-state index contributed by atoms with van der Waals surface area (Å²) < 4.78 is 4.61. The van der Waals surface area contributed by atoms with E-state index in [2.05, 4.69) is 9.68 Å². The van der Waals surface area contributed by atoms with E-state index in [-0.39, 0.29) is 6.04 Å². The standard InChI is InChI=1S/C6H10N2O/c1-5(7)4-6-2-3-9-8-6/h2-3,5H,4,7H2,1H3/t5-/m0/s1. The number of hydrogen-bond acceptors (Lipinski definition) is 3. The fourth-order valence-electron chi connectivity index (χ4n) is 0.673. The highest BCUT2D eigenvalue weighted by Crippen LogP contribution is 1.96. The van der Waals surface area contributed by atoms with E-state index in [9.17, 15) is 0 Å². The van der Waals surface area contributed by atoms with Gasteiger partial charge in [-0.25, -0.2) is 0 Å². The summed E-state index contributed by atoms with van der Waals surface area (Å²) in [4.78, 5) is 0. The molecule has 0 bridgehead atoms. The lowest BCUT2D eigenvalue weighted by Crippen LogP contribution is -2.17. The van der Waals surface area contributed by atoms with E-state index in [0.717, 1.165) is 12.1 Å². The fourth-order valence-corrected chi connectivity index (χ4v) is 0.673. The Morgan fingerprint density at radius 2 is 2.67 bits per heavy atom. The van der Waals surface area contributed by atoms with Crippen LogP contribution in [0.25, 0.3) is 0 Å². The van der Waals surface area contributed by atoms with Crippen LogP contribution in [-0.2, 0) is 6.42 Å². The van der Waals surface area contributed by atoms with E-state index in [0.29, 0.717) is 0 Å². The Labute approximate surface area is 53.8 Å². The second-order valence-electron chi connectivity index (χ2n) is 2.17. The maximum Gasteiger partial charge on any atom is 0.124 e. The molecule has 0 saturated carbocycles. The molecule has 3 nitrogen and oxygen atoms in total. The molecule has 0 saturated heterocycles. The summed E-state index contributed by atoms with van der Waals surface area (Å²) in [6, 6.07) is 1.98. The quantitative estimate of drug-likeness (QED) is 0.630. The fraction of sp³-hybridized carbons (Fsp3) is 0.500. The van der Waals surface area contributed by atoms with Crippen molar-refractivity contribution < 1.29 is 4.52 Å². The molecule has 9 heavy (non-hydrogen) atoms. The van der Waals surface area contributed by atoms with E-state index >= 15 is 0 Å². The lowest BCUT2D eigenvalue weighted by atomic mass is 10.2. The molecule has 0 spiro atoms. The Kier molecular flexibility index (Phi) is 1.85. The van der Waals surface area contributed by atoms with Gasteiger partial charge in [0, 0.05) is 18.5 Å². The molecule has 50 valence electrons. The van der Waals surface area contributed by atoms with Gasteiger partial charge in [0.05, 0.1) is 5.69 Å². The van der Waals surface area contributed by atoms with Crippen LogP contribution < -0.4 is 5.73 Å². The van der Waals surface area contributed by atoms with Crippen LogP contribution >= 0.6 is 0 Å². The Bertz CT molecular complexity index is 158. The number of nitrogens with zero attached hydrogens (tertiary/aromatic N) is 1. The number of hydrogen-bond donors (Lipinski definition) is 1. The third-order valence-electron chi connectivity index (χ3n) is 1.02. The van der Waals surface area contributed by atoms with Gasteiger partial charge in [0.1, 0.15) is 6.26 Å². The zero-order valence-electron chi connectivity index (χ0n) is 5.37. The molecule has 0 aliphatic rings. The summed E-state index contributed by atoms with van der Waals surface area (Å²) in [5.41, 5.74) is 6.42. The van der Waals surface area contributed by atoms with Crippen molar-refractivity contribution in [3.63, 3.8) is 0 Å². The minimum absolute atomic E-state index is 0.162. The van der Waals surface area contributed by atoms with Gasteiger partial charge >= 0.3 is 0 Å². The Morgan fingerprint density at radius 1 is 1.89 bits per heavy atom. The van der Waals surface area contributed by atoms with Crippen LogP contribution in [0.5, 0.6) is 0 Å². The number of aromatic nitrogens is 1. The van der Waals surface area contributed by atoms with Crippen molar-refractivity contribution in [2.75, 3.05) is 0 Å². The molecule has 0 amide bonds. The maximum absolute atomic E-state index is 5.50. The Balaban J connectivity index is 2.48. The first-order valence-corrected chi connectivity index (χ1v) is 2.94. The van der Waals surface area contributed by atoms with Gasteiger partial charge in [-0.2, -0.15) is 0 Å². The minimum atomic E-state index is 0.162. The minimum Gasteiger partial charge on any atom is -0.365 e. The molecule has 2 N–H and O–H groups in total. The van der Waals surface area contributed by atoms with Crippen LogP contribution in [0.1, 0.15) is 12.6 Å². The first-order chi connectivity index (χ1) is 4.29. The van der Waals surface area contributed by atoms with E-state index in [4.69, 9.17) is 5.73 Å². The molecule has 0 aliphatic carbocycles. The van der Waals surface area contributed by atoms with Crippen LogP contribution in [0.3, 0.4) is 0 Å². The normalized spacial score (nSPS) is 13.6. The van der Waals surface area contributed by atoms with Crippen molar-refractivity contribution in [2.45, 2.75) is 19.4 Å². The topological polar surface area (TPSA) is 52.0 Å². The van der Waals surface area contributed by atoms with Crippen LogP contribution in [0.15, 0.2) is 16.9 Å². The van der Waals surface area contributed by atoms with Gasteiger partial charge in [0.15, 0.2) is 0 Å². The van der Waals surface area contributed by atoms with Gasteiger partial charge in [-0.15, -0.1) is 0 Å². The molecule has 0 fully saturated rings. The zero-order valence-corrected chi connectivity index (χ0v) is 5.37. The average Bonchev–Trinajstić information content (AvgIpc) is 2.15. The molecule has 3 heteroatoms. The highest BCUT2D eigenvalue weighted by molar-refractivity contribution is 4.96. The van der Waals surface area contributed by atoms with Crippen LogP contribution in [0, 0.1) is 0 Å². The van der Waals surface area contributed by atoms with Gasteiger partial charge in [-0.1, -0.05) is 5.16 Å². The molecule has 1 heterocycles. The summed E-state index contributed by atoms with van der Waals surface area (Å²) in [7, 11) is 0. The summed E-state index contributed by atoms with van der Waals surface area (Å²) in [5.74, 6) is 0. The second-order valence-corrected chi connectivity index (χ2v) is 2.17. The predicted octanol–water partition coefficient (Wildman–Crippen LogP) is 0.564. The smallest absolute Gasteiger partial charge is 0.124 e. The first kappa shape index (κ1) is 6.29. The third-order valence-corrected chi connectivity index (χ3v) is 1.02. The van der Waals surface area contributed by atoms with E-state index in [1.807, 2.05) is 13.0 Å². The van der Waals surface area contributed by atoms with Gasteiger partial charge in [0.25, 0.3) is 0 Å². The number of nitrogens with two attached hydrogens (primary N) is 1. The lowest BCUT2D eigenvalue weighted by Gasteiger charge is -1.97. The Morgan fingerprint density at radius 3 is 3.11 bits per heavy atom. The molecule has 1 aromatic rings.